The number of ether oxygens (including phenoxy) is 1. The zero-order chi connectivity index (χ0) is 22.2. The van der Waals surface area contributed by atoms with Gasteiger partial charge in [-0.3, -0.25) is 14.4 Å². The Morgan fingerprint density at radius 3 is 2.35 bits per heavy atom. The van der Waals surface area contributed by atoms with E-state index in [0.717, 1.165) is 38.5 Å². The summed E-state index contributed by atoms with van der Waals surface area (Å²) in [6, 6.07) is -0.503. The molecule has 5 rings (SSSR count). The van der Waals surface area contributed by atoms with Gasteiger partial charge in [0.25, 0.3) is 0 Å². The molecule has 3 heterocycles. The van der Waals surface area contributed by atoms with E-state index in [1.807, 2.05) is 39.8 Å². The van der Waals surface area contributed by atoms with Crippen LogP contribution in [0, 0.1) is 11.8 Å². The lowest BCUT2D eigenvalue weighted by molar-refractivity contribution is -0.146. The minimum atomic E-state index is -1.07. The van der Waals surface area contributed by atoms with Crippen molar-refractivity contribution < 1.29 is 19.1 Å². The quantitative estimate of drug-likeness (QED) is 0.670. The van der Waals surface area contributed by atoms with Crippen LogP contribution in [-0.2, 0) is 19.1 Å². The number of hydrogen-bond donors (Lipinski definition) is 2. The highest BCUT2D eigenvalue weighted by atomic mass is 16.5. The summed E-state index contributed by atoms with van der Waals surface area (Å²) in [5.41, 5.74) is -2.36. The lowest BCUT2D eigenvalue weighted by Gasteiger charge is -2.35. The highest BCUT2D eigenvalue weighted by molar-refractivity contribution is 6.00. The van der Waals surface area contributed by atoms with E-state index < -0.39 is 34.6 Å². The van der Waals surface area contributed by atoms with Crippen molar-refractivity contribution in [3.05, 3.63) is 12.2 Å². The van der Waals surface area contributed by atoms with Crippen molar-refractivity contribution in [2.45, 2.75) is 108 Å². The summed E-state index contributed by atoms with van der Waals surface area (Å²) in [6.07, 6.45) is 11.0. The first-order valence-electron chi connectivity index (χ1n) is 11.9. The van der Waals surface area contributed by atoms with Crippen LogP contribution in [0.2, 0.25) is 0 Å². The fraction of sp³-hybridized carbons (Fsp3) is 0.792. The first-order valence-corrected chi connectivity index (χ1v) is 11.9. The number of amides is 3. The lowest BCUT2D eigenvalue weighted by atomic mass is 9.70. The van der Waals surface area contributed by atoms with Crippen LogP contribution >= 0.6 is 0 Å². The topological polar surface area (TPSA) is 87.7 Å². The Balaban J connectivity index is 1.48. The fourth-order valence-electron chi connectivity index (χ4n) is 6.29. The molecule has 7 heteroatoms. The number of carbonyl (C=O) groups is 3. The number of hydrogen-bond acceptors (Lipinski definition) is 4. The Morgan fingerprint density at radius 2 is 1.74 bits per heavy atom. The molecule has 3 aliphatic heterocycles. The molecule has 5 aliphatic rings. The van der Waals surface area contributed by atoms with E-state index in [9.17, 15) is 14.4 Å². The van der Waals surface area contributed by atoms with E-state index in [1.54, 1.807) is 4.90 Å². The highest BCUT2D eigenvalue weighted by Crippen LogP contribution is 2.61. The van der Waals surface area contributed by atoms with Gasteiger partial charge in [0.1, 0.15) is 11.6 Å². The fourth-order valence-corrected chi connectivity index (χ4v) is 6.29. The first-order chi connectivity index (χ1) is 14.6. The lowest BCUT2D eigenvalue weighted by Crippen LogP contribution is -2.58. The van der Waals surface area contributed by atoms with Crippen molar-refractivity contribution in [2.75, 3.05) is 0 Å². The molecule has 0 unspecified atom stereocenters. The van der Waals surface area contributed by atoms with Gasteiger partial charge >= 0.3 is 0 Å². The van der Waals surface area contributed by atoms with Crippen LogP contribution in [0.5, 0.6) is 0 Å². The average molecular weight is 430 g/mol. The predicted octanol–water partition coefficient (Wildman–Crippen LogP) is 2.05. The molecule has 0 aromatic heterocycles. The summed E-state index contributed by atoms with van der Waals surface area (Å²) >= 11 is 0. The summed E-state index contributed by atoms with van der Waals surface area (Å²) in [5, 5.41) is 6.28. The van der Waals surface area contributed by atoms with E-state index >= 15 is 0 Å². The molecule has 4 fully saturated rings. The molecule has 1 spiro atoms. The second kappa shape index (κ2) is 6.80. The van der Waals surface area contributed by atoms with Gasteiger partial charge in [-0.25, -0.2) is 0 Å². The van der Waals surface area contributed by atoms with Gasteiger partial charge in [-0.2, -0.15) is 0 Å². The number of likely N-dealkylation sites (tertiary alicyclic amines) is 1. The first kappa shape index (κ1) is 21.0. The Morgan fingerprint density at radius 1 is 1.06 bits per heavy atom. The summed E-state index contributed by atoms with van der Waals surface area (Å²) in [5.74, 6) is -1.67. The number of rotatable bonds is 4. The van der Waals surface area contributed by atoms with E-state index in [-0.39, 0.29) is 29.8 Å². The van der Waals surface area contributed by atoms with E-state index in [0.29, 0.717) is 0 Å². The van der Waals surface area contributed by atoms with Gasteiger partial charge in [0.15, 0.2) is 0 Å². The Kier molecular flexibility index (Phi) is 4.60. The minimum absolute atomic E-state index is 0.0640. The molecule has 31 heavy (non-hydrogen) atoms. The second-order valence-corrected chi connectivity index (χ2v) is 11.4. The molecule has 0 radical (unpaired) electrons. The molecular weight excluding hydrogens is 394 g/mol. The van der Waals surface area contributed by atoms with Gasteiger partial charge in [-0.1, -0.05) is 31.4 Å². The summed E-state index contributed by atoms with van der Waals surface area (Å²) in [4.78, 5) is 42.4. The molecular formula is C24H35N3O4. The van der Waals surface area contributed by atoms with Crippen LogP contribution in [0.4, 0.5) is 0 Å². The molecule has 2 saturated heterocycles. The van der Waals surface area contributed by atoms with Gasteiger partial charge in [0.2, 0.25) is 17.7 Å². The summed E-state index contributed by atoms with van der Waals surface area (Å²) in [7, 11) is 0. The van der Waals surface area contributed by atoms with Crippen molar-refractivity contribution in [1.82, 2.24) is 15.5 Å². The number of nitrogens with zero attached hydrogens (tertiary/aromatic N) is 1. The van der Waals surface area contributed by atoms with Gasteiger partial charge in [-0.15, -0.1) is 0 Å². The maximum absolute atomic E-state index is 13.7. The molecule has 2 saturated carbocycles. The van der Waals surface area contributed by atoms with Crippen LogP contribution < -0.4 is 10.6 Å². The monoisotopic (exact) mass is 429 g/mol. The van der Waals surface area contributed by atoms with Crippen LogP contribution in [0.1, 0.15) is 72.6 Å². The standard InChI is InChI=1S/C24H35N3O4/c1-22(2,3)26-20(29)18-24-13-12-23(4,31-24)16(17(24)21(30)27(18)15-10-11-15)19(28)25-14-8-6-5-7-9-14/h12-18H,5-11H2,1-4H3,(H,25,28)(H,26,29)/t16-,17+,18-,23+,24-/m1/s1. The van der Waals surface area contributed by atoms with Crippen LogP contribution in [0.25, 0.3) is 0 Å². The van der Waals surface area contributed by atoms with Gasteiger partial charge in [0.05, 0.1) is 17.4 Å². The van der Waals surface area contributed by atoms with Crippen molar-refractivity contribution in [1.29, 1.82) is 0 Å². The van der Waals surface area contributed by atoms with Crippen molar-refractivity contribution in [3.8, 4) is 0 Å². The number of carbonyl (C=O) groups excluding carboxylic acids is 3. The number of nitrogens with one attached hydrogen (secondary N) is 2. The molecule has 7 nitrogen and oxygen atoms in total. The van der Waals surface area contributed by atoms with Gasteiger partial charge in [-0.05, 0) is 53.4 Å². The third-order valence-electron chi connectivity index (χ3n) is 7.66. The van der Waals surface area contributed by atoms with E-state index in [4.69, 9.17) is 4.74 Å². The third kappa shape index (κ3) is 3.22. The Bertz CT molecular complexity index is 838. The molecule has 0 aromatic carbocycles. The molecule has 5 atom stereocenters. The third-order valence-corrected chi connectivity index (χ3v) is 7.66. The number of fused-ring (bicyclic) bond motifs is 1. The zero-order valence-corrected chi connectivity index (χ0v) is 19.1. The Labute approximate surface area is 184 Å². The van der Waals surface area contributed by atoms with E-state index in [1.165, 1.54) is 6.42 Å². The van der Waals surface area contributed by atoms with Crippen LogP contribution in [0.15, 0.2) is 12.2 Å². The van der Waals surface area contributed by atoms with Crippen LogP contribution in [0.3, 0.4) is 0 Å². The average Bonchev–Trinajstić information content (AvgIpc) is 3.34. The zero-order valence-electron chi connectivity index (χ0n) is 19.1. The van der Waals surface area contributed by atoms with Crippen molar-refractivity contribution in [2.24, 2.45) is 11.8 Å². The maximum Gasteiger partial charge on any atom is 0.246 e. The highest BCUT2D eigenvalue weighted by Gasteiger charge is 2.77. The molecule has 2 aliphatic carbocycles. The summed E-state index contributed by atoms with van der Waals surface area (Å²) in [6.45, 7) is 7.68. The molecule has 170 valence electrons. The van der Waals surface area contributed by atoms with Crippen molar-refractivity contribution >= 4 is 17.7 Å². The summed E-state index contributed by atoms with van der Waals surface area (Å²) < 4.78 is 6.53. The van der Waals surface area contributed by atoms with Crippen molar-refractivity contribution in [3.63, 3.8) is 0 Å². The smallest absolute Gasteiger partial charge is 0.246 e. The Hall–Kier alpha value is -1.89. The molecule has 0 aromatic rings. The van der Waals surface area contributed by atoms with Gasteiger partial charge < -0.3 is 20.3 Å². The normalized spacial score (nSPS) is 39.7. The molecule has 2 N–H and O–H groups in total. The molecule has 3 amide bonds. The maximum atomic E-state index is 13.7. The second-order valence-electron chi connectivity index (χ2n) is 11.4. The van der Waals surface area contributed by atoms with Gasteiger partial charge in [0, 0.05) is 17.6 Å². The van der Waals surface area contributed by atoms with Crippen LogP contribution in [-0.4, -0.2) is 57.5 Å². The van der Waals surface area contributed by atoms with E-state index in [2.05, 4.69) is 10.6 Å². The largest absolute Gasteiger partial charge is 0.356 e. The minimum Gasteiger partial charge on any atom is -0.356 e. The SMILES string of the molecule is CC(C)(C)NC(=O)[C@H]1N(C2CC2)C(=O)[C@@H]2[C@H](C(=O)NC3CCCCC3)[C@]3(C)C=C[C@@]21O3. The predicted molar refractivity (Wildman–Crippen MR) is 115 cm³/mol. The molecule has 2 bridgehead atoms.